The molecule has 0 N–H and O–H groups in total. The van der Waals surface area contributed by atoms with E-state index in [0.29, 0.717) is 48.7 Å². The summed E-state index contributed by atoms with van der Waals surface area (Å²) in [7, 11) is 0. The van der Waals surface area contributed by atoms with Gasteiger partial charge in [0.25, 0.3) is 0 Å². The number of benzene rings is 1. The average Bonchev–Trinajstić information content (AvgIpc) is 3.70. The topological polar surface area (TPSA) is 100 Å². The molecule has 0 saturated carbocycles. The number of thiazole rings is 1. The van der Waals surface area contributed by atoms with Crippen LogP contribution in [0.4, 0.5) is 5.82 Å². The molecule has 0 aliphatic carbocycles. The highest BCUT2D eigenvalue weighted by Crippen LogP contribution is 2.39. The molecule has 4 heterocycles. The van der Waals surface area contributed by atoms with Crippen molar-refractivity contribution in [3.05, 3.63) is 83.5 Å². The predicted molar refractivity (Wildman–Crippen MR) is 199 cm³/mol. The molecule has 1 aliphatic rings. The molecule has 3 aromatic heterocycles. The summed E-state index contributed by atoms with van der Waals surface area (Å²) in [5.74, 6) is 1.18. The van der Waals surface area contributed by atoms with Crippen LogP contribution in [-0.2, 0) is 25.4 Å². The molecule has 2 atom stereocenters. The number of anilines is 1. The molecule has 11 heteroatoms. The lowest BCUT2D eigenvalue weighted by Gasteiger charge is -2.41. The van der Waals surface area contributed by atoms with Crippen LogP contribution in [0, 0.1) is 6.92 Å². The third kappa shape index (κ3) is 8.80. The first-order chi connectivity index (χ1) is 23.8. The van der Waals surface area contributed by atoms with Gasteiger partial charge in [0, 0.05) is 48.8 Å². The summed E-state index contributed by atoms with van der Waals surface area (Å²) in [4.78, 5) is 26.7. The fourth-order valence-corrected chi connectivity index (χ4v) is 7.07. The van der Waals surface area contributed by atoms with Gasteiger partial charge in [-0.05, 0) is 72.9 Å². The van der Waals surface area contributed by atoms with Crippen molar-refractivity contribution in [3.63, 3.8) is 0 Å². The van der Waals surface area contributed by atoms with Crippen LogP contribution in [0.25, 0.3) is 16.3 Å². The molecule has 50 heavy (non-hydrogen) atoms. The highest BCUT2D eigenvalue weighted by Gasteiger charge is 2.38. The van der Waals surface area contributed by atoms with Gasteiger partial charge in [-0.15, -0.1) is 24.5 Å². The minimum Gasteiger partial charge on any atom is -0.490 e. The van der Waals surface area contributed by atoms with Gasteiger partial charge in [0.1, 0.15) is 22.3 Å². The van der Waals surface area contributed by atoms with E-state index in [1.54, 1.807) is 24.3 Å². The van der Waals surface area contributed by atoms with Gasteiger partial charge in [0.05, 0.1) is 36.1 Å². The molecule has 0 radical (unpaired) electrons. The Hall–Kier alpha value is -4.06. The summed E-state index contributed by atoms with van der Waals surface area (Å²) in [5.41, 5.74) is 2.88. The lowest BCUT2D eigenvalue weighted by molar-refractivity contribution is -0.166. The van der Waals surface area contributed by atoms with E-state index in [0.717, 1.165) is 46.3 Å². The van der Waals surface area contributed by atoms with Crippen molar-refractivity contribution in [2.45, 2.75) is 97.6 Å². The zero-order valence-electron chi connectivity index (χ0n) is 30.5. The highest BCUT2D eigenvalue weighted by atomic mass is 32.1. The van der Waals surface area contributed by atoms with Crippen molar-refractivity contribution in [3.8, 4) is 16.5 Å². The number of carbonyl (C=O) groups excluding carboxylic acids is 1. The number of nitrogens with zero attached hydrogens (tertiary/aromatic N) is 5. The van der Waals surface area contributed by atoms with Crippen LogP contribution in [-0.4, -0.2) is 69.2 Å². The molecule has 10 nitrogen and oxygen atoms in total. The van der Waals surface area contributed by atoms with Crippen molar-refractivity contribution in [1.29, 1.82) is 0 Å². The van der Waals surface area contributed by atoms with Crippen LogP contribution in [0.1, 0.15) is 88.6 Å². The number of para-hydroxylation sites is 1. The third-order valence-corrected chi connectivity index (χ3v) is 9.67. The first-order valence-electron chi connectivity index (χ1n) is 17.4. The summed E-state index contributed by atoms with van der Waals surface area (Å²) in [5, 5.41) is 5.89. The maximum Gasteiger partial charge on any atom is 0.340 e. The number of aryl methyl sites for hydroxylation is 1. The average molecular weight is 702 g/mol. The van der Waals surface area contributed by atoms with Gasteiger partial charge in [-0.1, -0.05) is 30.4 Å². The lowest BCUT2D eigenvalue weighted by atomic mass is 9.92. The van der Waals surface area contributed by atoms with Crippen molar-refractivity contribution in [2.75, 3.05) is 31.2 Å². The first-order valence-corrected chi connectivity index (χ1v) is 18.2. The van der Waals surface area contributed by atoms with Crippen LogP contribution in [0.5, 0.6) is 5.75 Å². The number of fused-ring (bicyclic) bond motifs is 1. The number of carbonyl (C=O) groups is 1. The standard InChI is InChI=1S/C39H51N5O5S/c1-10-15-26(4)48-31-17-14-13-16-28(31)23-29-25-40-35(50-29)30-24-32-41-27(5)33(34(37(45)46-12-3)49-38(6,7)8)36(44(32)42-30)43-20-18-39(9,19-21-43)47-22-11-2/h10-11,13-14,16-17,24-26,34H,1-2,12,15,18-23H2,3-9H3/t26-,34+/m1/s1. The molecule has 4 aromatic rings. The van der Waals surface area contributed by atoms with Crippen LogP contribution in [0.2, 0.25) is 0 Å². The second-order valence-electron chi connectivity index (χ2n) is 14.0. The normalized spacial score (nSPS) is 15.9. The highest BCUT2D eigenvalue weighted by molar-refractivity contribution is 7.15. The van der Waals surface area contributed by atoms with Crippen LogP contribution in [0.15, 0.2) is 61.8 Å². The van der Waals surface area contributed by atoms with Crippen molar-refractivity contribution >= 4 is 28.8 Å². The zero-order chi connectivity index (χ0) is 36.1. The fourth-order valence-electron chi connectivity index (χ4n) is 6.18. The zero-order valence-corrected chi connectivity index (χ0v) is 31.3. The van der Waals surface area contributed by atoms with Gasteiger partial charge >= 0.3 is 5.97 Å². The Balaban J connectivity index is 1.55. The SMILES string of the molecule is C=CCOC1(C)CCN(c2c([C@H](OC(C)(C)C)C(=O)OCC)c(C)nc3cc(-c4ncc(Cc5ccccc5O[C@H](C)CC=C)s4)nn23)CC1. The smallest absolute Gasteiger partial charge is 0.340 e. The summed E-state index contributed by atoms with van der Waals surface area (Å²) in [6.07, 6.45) is 7.62. The number of aromatic nitrogens is 4. The molecule has 0 amide bonds. The van der Waals surface area contributed by atoms with Gasteiger partial charge < -0.3 is 23.8 Å². The second kappa shape index (κ2) is 15.9. The fraction of sp³-hybridized carbons (Fsp3) is 0.487. The molecular weight excluding hydrogens is 651 g/mol. The Morgan fingerprint density at radius 2 is 1.90 bits per heavy atom. The summed E-state index contributed by atoms with van der Waals surface area (Å²) in [6.45, 7) is 23.5. The Morgan fingerprint density at radius 1 is 1.16 bits per heavy atom. The number of hydrogen-bond donors (Lipinski definition) is 0. The number of rotatable bonds is 15. The molecule has 0 spiro atoms. The Morgan fingerprint density at radius 3 is 2.58 bits per heavy atom. The van der Waals surface area contributed by atoms with Gasteiger partial charge in [0.2, 0.25) is 0 Å². The van der Waals surface area contributed by atoms with Crippen LogP contribution in [0.3, 0.4) is 0 Å². The molecule has 0 bridgehead atoms. The Labute approximate surface area is 300 Å². The number of piperidine rings is 1. The van der Waals surface area contributed by atoms with E-state index < -0.39 is 17.7 Å². The molecule has 1 fully saturated rings. The molecule has 0 unspecified atom stereocenters. The number of hydrogen-bond acceptors (Lipinski definition) is 10. The van der Waals surface area contributed by atoms with E-state index in [1.165, 1.54) is 0 Å². The monoisotopic (exact) mass is 701 g/mol. The largest absolute Gasteiger partial charge is 0.490 e. The van der Waals surface area contributed by atoms with E-state index in [1.807, 2.05) is 75.7 Å². The second-order valence-corrected chi connectivity index (χ2v) is 15.1. The first kappa shape index (κ1) is 37.2. The molecule has 1 aromatic carbocycles. The van der Waals surface area contributed by atoms with Crippen LogP contribution >= 0.6 is 11.3 Å². The molecule has 268 valence electrons. The summed E-state index contributed by atoms with van der Waals surface area (Å²) >= 11 is 1.59. The molecule has 1 aliphatic heterocycles. The van der Waals surface area contributed by atoms with E-state index >= 15 is 0 Å². The molecular formula is C39H51N5O5S. The van der Waals surface area contributed by atoms with E-state index in [9.17, 15) is 4.79 Å². The maximum absolute atomic E-state index is 13.6. The van der Waals surface area contributed by atoms with E-state index in [4.69, 9.17) is 34.0 Å². The van der Waals surface area contributed by atoms with Gasteiger partial charge in [-0.3, -0.25) is 0 Å². The van der Waals surface area contributed by atoms with Crippen molar-refractivity contribution in [2.24, 2.45) is 0 Å². The maximum atomic E-state index is 13.6. The van der Waals surface area contributed by atoms with E-state index in [2.05, 4.69) is 31.0 Å². The van der Waals surface area contributed by atoms with Crippen molar-refractivity contribution < 1.29 is 23.7 Å². The van der Waals surface area contributed by atoms with E-state index in [-0.39, 0.29) is 18.3 Å². The molecule has 1 saturated heterocycles. The summed E-state index contributed by atoms with van der Waals surface area (Å²) in [6, 6.07) is 10.1. The summed E-state index contributed by atoms with van der Waals surface area (Å²) < 4.78 is 26.3. The quantitative estimate of drug-likeness (QED) is 0.0900. The predicted octanol–water partition coefficient (Wildman–Crippen LogP) is 8.08. The Kier molecular flexibility index (Phi) is 11.8. The molecule has 5 rings (SSSR count). The number of esters is 1. The number of ether oxygens (including phenoxy) is 4. The van der Waals surface area contributed by atoms with Gasteiger partial charge in [-0.25, -0.2) is 14.8 Å². The van der Waals surface area contributed by atoms with Gasteiger partial charge in [-0.2, -0.15) is 9.61 Å². The minimum absolute atomic E-state index is 0.0317. The third-order valence-electron chi connectivity index (χ3n) is 8.65. The minimum atomic E-state index is -0.997. The van der Waals surface area contributed by atoms with Crippen molar-refractivity contribution in [1.82, 2.24) is 19.6 Å². The van der Waals surface area contributed by atoms with Gasteiger partial charge in [0.15, 0.2) is 11.8 Å². The Bertz CT molecular complexity index is 1800. The van der Waals surface area contributed by atoms with Crippen LogP contribution < -0.4 is 9.64 Å². The lowest BCUT2D eigenvalue weighted by Crippen LogP contribution is -2.45.